The molecule has 0 bridgehead atoms. The van der Waals surface area contributed by atoms with Gasteiger partial charge in [0.2, 0.25) is 0 Å². The van der Waals surface area contributed by atoms with Gasteiger partial charge in [-0.05, 0) is 42.7 Å². The van der Waals surface area contributed by atoms with Crippen LogP contribution in [-0.2, 0) is 6.42 Å². The molecule has 4 rings (SSSR count). The molecule has 1 aliphatic heterocycles. The smallest absolute Gasteiger partial charge is 0.322 e. The van der Waals surface area contributed by atoms with Crippen molar-refractivity contribution in [2.24, 2.45) is 0 Å². The van der Waals surface area contributed by atoms with Crippen molar-refractivity contribution in [3.63, 3.8) is 0 Å². The summed E-state index contributed by atoms with van der Waals surface area (Å²) in [5.74, 6) is -0.503. The second-order valence-corrected chi connectivity index (χ2v) is 6.90. The summed E-state index contributed by atoms with van der Waals surface area (Å²) in [5.41, 5.74) is 3.98. The topological polar surface area (TPSA) is 48.1 Å². The van der Waals surface area contributed by atoms with Gasteiger partial charge in [-0.25, -0.2) is 9.18 Å². The van der Waals surface area contributed by atoms with Gasteiger partial charge >= 0.3 is 6.03 Å². The van der Waals surface area contributed by atoms with Crippen LogP contribution in [0.5, 0.6) is 0 Å². The summed E-state index contributed by atoms with van der Waals surface area (Å²) in [4.78, 5) is 18.1. The highest BCUT2D eigenvalue weighted by Crippen LogP contribution is 2.36. The van der Waals surface area contributed by atoms with Crippen LogP contribution in [0.4, 0.5) is 14.9 Å². The van der Waals surface area contributed by atoms with Crippen molar-refractivity contribution in [3.8, 4) is 0 Å². The average Bonchev–Trinajstić information content (AvgIpc) is 3.02. The van der Waals surface area contributed by atoms with Crippen molar-refractivity contribution in [2.45, 2.75) is 25.8 Å². The normalized spacial score (nSPS) is 16.6. The number of urea groups is 1. The highest BCUT2D eigenvalue weighted by Gasteiger charge is 2.32. The van der Waals surface area contributed by atoms with E-state index in [1.807, 2.05) is 17.0 Å². The number of halogens is 2. The Labute approximate surface area is 156 Å². The summed E-state index contributed by atoms with van der Waals surface area (Å²) in [5, 5.41) is 4.05. The van der Waals surface area contributed by atoms with E-state index < -0.39 is 5.82 Å². The number of aromatic amines is 1. The number of amides is 2. The zero-order valence-electron chi connectivity index (χ0n) is 14.4. The van der Waals surface area contributed by atoms with E-state index in [0.717, 1.165) is 24.1 Å². The second kappa shape index (κ2) is 6.65. The summed E-state index contributed by atoms with van der Waals surface area (Å²) in [6.07, 6.45) is 1.60. The Morgan fingerprint density at radius 2 is 2.15 bits per heavy atom. The van der Waals surface area contributed by atoms with Crippen LogP contribution in [0.2, 0.25) is 5.02 Å². The fourth-order valence-electron chi connectivity index (χ4n) is 3.76. The Hall–Kier alpha value is -2.53. The van der Waals surface area contributed by atoms with E-state index in [1.165, 1.54) is 29.1 Å². The number of benzene rings is 2. The number of hydrogen-bond acceptors (Lipinski definition) is 1. The Bertz CT molecular complexity index is 984. The fourth-order valence-corrected chi connectivity index (χ4v) is 3.94. The van der Waals surface area contributed by atoms with Crippen molar-refractivity contribution in [3.05, 3.63) is 64.6 Å². The molecule has 0 saturated heterocycles. The van der Waals surface area contributed by atoms with Crippen LogP contribution in [0.25, 0.3) is 10.9 Å². The SMILES string of the molecule is CCC1c2[nH]c3ccccc3c2CCN1C(=O)Nc1ccc(F)c(Cl)c1. The molecule has 2 aromatic carbocycles. The Morgan fingerprint density at radius 3 is 2.92 bits per heavy atom. The number of aromatic nitrogens is 1. The first-order valence-electron chi connectivity index (χ1n) is 8.70. The molecular weight excluding hydrogens is 353 g/mol. The van der Waals surface area contributed by atoms with Gasteiger partial charge in [0.05, 0.1) is 11.1 Å². The van der Waals surface area contributed by atoms with Crippen LogP contribution in [-0.4, -0.2) is 22.5 Å². The third-order valence-corrected chi connectivity index (χ3v) is 5.27. The van der Waals surface area contributed by atoms with E-state index in [4.69, 9.17) is 11.6 Å². The summed E-state index contributed by atoms with van der Waals surface area (Å²) in [6, 6.07) is 12.2. The molecule has 4 nitrogen and oxygen atoms in total. The lowest BCUT2D eigenvalue weighted by atomic mass is 9.96. The minimum atomic E-state index is -0.503. The molecule has 2 heterocycles. The zero-order chi connectivity index (χ0) is 18.3. The summed E-state index contributed by atoms with van der Waals surface area (Å²) in [6.45, 7) is 2.70. The number of carbonyl (C=O) groups is 1. The number of fused-ring (bicyclic) bond motifs is 3. The van der Waals surface area contributed by atoms with Crippen molar-refractivity contribution in [1.82, 2.24) is 9.88 Å². The molecule has 134 valence electrons. The van der Waals surface area contributed by atoms with Crippen LogP contribution in [0.1, 0.15) is 30.6 Å². The standard InChI is InChI=1S/C20H19ClFN3O/c1-2-18-19-14(13-5-3-4-6-17(13)24-19)9-10-25(18)20(26)23-12-7-8-16(22)15(21)11-12/h3-8,11,18,24H,2,9-10H2,1H3,(H,23,26). The molecule has 2 amide bonds. The van der Waals surface area contributed by atoms with E-state index in [2.05, 4.69) is 29.4 Å². The molecule has 1 aromatic heterocycles. The highest BCUT2D eigenvalue weighted by atomic mass is 35.5. The van der Waals surface area contributed by atoms with Gasteiger partial charge in [0.1, 0.15) is 5.82 Å². The van der Waals surface area contributed by atoms with E-state index in [-0.39, 0.29) is 17.1 Å². The number of carbonyl (C=O) groups excluding carboxylic acids is 1. The molecule has 2 N–H and O–H groups in total. The maximum Gasteiger partial charge on any atom is 0.322 e. The predicted octanol–water partition coefficient (Wildman–Crippen LogP) is 5.50. The summed E-state index contributed by atoms with van der Waals surface area (Å²) < 4.78 is 13.3. The monoisotopic (exact) mass is 371 g/mol. The molecule has 1 aliphatic rings. The van der Waals surface area contributed by atoms with Crippen LogP contribution in [0.15, 0.2) is 42.5 Å². The van der Waals surface area contributed by atoms with Gasteiger partial charge in [0.25, 0.3) is 0 Å². The molecule has 0 radical (unpaired) electrons. The first kappa shape index (κ1) is 16.9. The molecule has 1 atom stereocenters. The zero-order valence-corrected chi connectivity index (χ0v) is 15.1. The van der Waals surface area contributed by atoms with Crippen molar-refractivity contribution >= 4 is 34.2 Å². The predicted molar refractivity (Wildman–Crippen MR) is 102 cm³/mol. The van der Waals surface area contributed by atoms with E-state index in [0.29, 0.717) is 12.2 Å². The Balaban J connectivity index is 1.62. The van der Waals surface area contributed by atoms with Crippen molar-refractivity contribution < 1.29 is 9.18 Å². The quantitative estimate of drug-likeness (QED) is 0.613. The van der Waals surface area contributed by atoms with Crippen LogP contribution in [0.3, 0.4) is 0 Å². The lowest BCUT2D eigenvalue weighted by Crippen LogP contribution is -2.42. The molecular formula is C20H19ClFN3O. The number of rotatable bonds is 2. The average molecular weight is 372 g/mol. The maximum absolute atomic E-state index is 13.3. The molecule has 6 heteroatoms. The molecule has 0 fully saturated rings. The largest absolute Gasteiger partial charge is 0.356 e. The number of anilines is 1. The van der Waals surface area contributed by atoms with Gasteiger partial charge in [0, 0.05) is 28.8 Å². The molecule has 0 spiro atoms. The van der Waals surface area contributed by atoms with E-state index in [1.54, 1.807) is 0 Å². The van der Waals surface area contributed by atoms with Gasteiger partial charge in [-0.1, -0.05) is 36.7 Å². The minimum absolute atomic E-state index is 0.00797. The molecule has 3 aromatic rings. The number of H-pyrrole nitrogens is 1. The first-order chi connectivity index (χ1) is 12.6. The van der Waals surface area contributed by atoms with E-state index >= 15 is 0 Å². The van der Waals surface area contributed by atoms with Gasteiger partial charge in [-0.2, -0.15) is 0 Å². The number of para-hydroxylation sites is 1. The van der Waals surface area contributed by atoms with Crippen LogP contribution < -0.4 is 5.32 Å². The first-order valence-corrected chi connectivity index (χ1v) is 9.08. The lowest BCUT2D eigenvalue weighted by molar-refractivity contribution is 0.179. The number of nitrogens with one attached hydrogen (secondary N) is 2. The molecule has 26 heavy (non-hydrogen) atoms. The summed E-state index contributed by atoms with van der Waals surface area (Å²) >= 11 is 5.81. The van der Waals surface area contributed by atoms with E-state index in [9.17, 15) is 9.18 Å². The van der Waals surface area contributed by atoms with Gasteiger partial charge < -0.3 is 15.2 Å². The maximum atomic E-state index is 13.3. The number of hydrogen-bond donors (Lipinski definition) is 2. The van der Waals surface area contributed by atoms with Crippen molar-refractivity contribution in [2.75, 3.05) is 11.9 Å². The second-order valence-electron chi connectivity index (χ2n) is 6.49. The molecule has 0 aliphatic carbocycles. The van der Waals surface area contributed by atoms with Crippen LogP contribution in [0, 0.1) is 5.82 Å². The van der Waals surface area contributed by atoms with Crippen molar-refractivity contribution in [1.29, 1.82) is 0 Å². The Morgan fingerprint density at radius 1 is 1.35 bits per heavy atom. The van der Waals surface area contributed by atoms with Crippen LogP contribution >= 0.6 is 11.6 Å². The Kier molecular flexibility index (Phi) is 4.32. The molecule has 0 saturated carbocycles. The molecule has 1 unspecified atom stereocenters. The highest BCUT2D eigenvalue weighted by molar-refractivity contribution is 6.31. The lowest BCUT2D eigenvalue weighted by Gasteiger charge is -2.35. The van der Waals surface area contributed by atoms with Gasteiger partial charge in [0.15, 0.2) is 0 Å². The number of nitrogens with zero attached hydrogens (tertiary/aromatic N) is 1. The fraction of sp³-hybridized carbons (Fsp3) is 0.250. The third kappa shape index (κ3) is 2.82. The minimum Gasteiger partial charge on any atom is -0.356 e. The third-order valence-electron chi connectivity index (χ3n) is 4.98. The van der Waals surface area contributed by atoms with Gasteiger partial charge in [-0.3, -0.25) is 0 Å². The van der Waals surface area contributed by atoms with Gasteiger partial charge in [-0.15, -0.1) is 0 Å². The summed E-state index contributed by atoms with van der Waals surface area (Å²) in [7, 11) is 0.